The average molecular weight is 172 g/mol. The van der Waals surface area contributed by atoms with Crippen LogP contribution in [0.4, 0.5) is 0 Å². The first-order valence-electron chi connectivity index (χ1n) is 1.94. The number of carbonyl (C=O) groups excluding carboxylic acids is 1. The predicted molar refractivity (Wildman–Crippen MR) is 25.1 cm³/mol. The molecule has 0 amide bonds. The van der Waals surface area contributed by atoms with Crippen molar-refractivity contribution < 1.29 is 37.5 Å². The van der Waals surface area contributed by atoms with E-state index in [0.29, 0.717) is 0 Å². The van der Waals surface area contributed by atoms with Crippen molar-refractivity contribution in [2.75, 3.05) is 0 Å². The molecule has 0 spiro atoms. The van der Waals surface area contributed by atoms with Crippen molar-refractivity contribution in [2.45, 2.75) is 13.3 Å². The fourth-order valence-electron chi connectivity index (χ4n) is 0.166. The van der Waals surface area contributed by atoms with Gasteiger partial charge in [0.2, 0.25) is 0 Å². The molecule has 0 aliphatic carbocycles. The molecule has 2 heteroatoms. The Labute approximate surface area is 69.1 Å². The second kappa shape index (κ2) is 9.72. The van der Waals surface area contributed by atoms with Crippen molar-refractivity contribution in [2.24, 2.45) is 0 Å². The van der Waals surface area contributed by atoms with Gasteiger partial charge in [-0.05, 0) is 6.29 Å². The molecule has 0 aromatic rings. The number of hydrogen-bond donors (Lipinski definition) is 0. The van der Waals surface area contributed by atoms with Gasteiger partial charge >= 0.3 is 0 Å². The van der Waals surface area contributed by atoms with Gasteiger partial charge in [-0.1, -0.05) is 6.92 Å². The molecule has 37 valence electrons. The van der Waals surface area contributed by atoms with Crippen molar-refractivity contribution in [1.29, 1.82) is 0 Å². The summed E-state index contributed by atoms with van der Waals surface area (Å²) in [6, 6.07) is 0. The molecule has 0 unspecified atom stereocenters. The molecule has 0 rings (SSSR count). The largest absolute Gasteiger partial charge is 0.419 e. The molecule has 0 fully saturated rings. The number of hydrogen-bond acceptors (Lipinski definition) is 1. The van der Waals surface area contributed by atoms with Crippen molar-refractivity contribution in [3.63, 3.8) is 0 Å². The summed E-state index contributed by atoms with van der Waals surface area (Å²) in [5.74, 6) is 0. The normalized spacial score (nSPS) is 8.14. The summed E-state index contributed by atoms with van der Waals surface area (Å²) in [6.07, 6.45) is 5.68. The molecule has 1 radical (unpaired) electrons. The quantitative estimate of drug-likeness (QED) is 0.449. The molecule has 1 nitrogen and oxygen atoms in total. The van der Waals surface area contributed by atoms with Crippen LogP contribution in [0.15, 0.2) is 12.2 Å². The molecule has 0 aromatic carbocycles. The van der Waals surface area contributed by atoms with Crippen LogP contribution in [-0.2, 0) is 37.5 Å². The summed E-state index contributed by atoms with van der Waals surface area (Å²) in [4.78, 5) is 9.35. The summed E-state index contributed by atoms with van der Waals surface area (Å²) in [7, 11) is 0. The van der Waals surface area contributed by atoms with E-state index < -0.39 is 0 Å². The molecule has 0 heterocycles. The third-order valence-corrected chi connectivity index (χ3v) is 0.422. The van der Waals surface area contributed by atoms with Crippen LogP contribution in [0.2, 0.25) is 0 Å². The van der Waals surface area contributed by atoms with Crippen LogP contribution in [-0.4, -0.2) is 6.29 Å². The van der Waals surface area contributed by atoms with Gasteiger partial charge < -0.3 is 4.79 Å². The zero-order valence-electron chi connectivity index (χ0n) is 4.35. The van der Waals surface area contributed by atoms with Crippen LogP contribution in [0, 0.1) is 0 Å². The van der Waals surface area contributed by atoms with Gasteiger partial charge in [0, 0.05) is 32.7 Å². The monoisotopic (exact) mass is 172 g/mol. The summed E-state index contributed by atoms with van der Waals surface area (Å²) < 4.78 is 0. The van der Waals surface area contributed by atoms with Crippen LogP contribution < -0.4 is 0 Å². The smallest absolute Gasteiger partial charge is 0 e. The number of allylic oxidation sites excluding steroid dienone is 2. The van der Waals surface area contributed by atoms with Gasteiger partial charge in [-0.3, -0.25) is 0 Å². The molecular weight excluding hydrogens is 165 g/mol. The Balaban J connectivity index is 0. The van der Waals surface area contributed by atoms with E-state index in [4.69, 9.17) is 0 Å². The first kappa shape index (κ1) is 10.5. The fraction of sp³-hybridized carbons (Fsp3) is 0.400. The maximum absolute atomic E-state index is 9.35. The van der Waals surface area contributed by atoms with E-state index in [0.717, 1.165) is 6.42 Å². The first-order valence-corrected chi connectivity index (χ1v) is 1.94. The van der Waals surface area contributed by atoms with Crippen molar-refractivity contribution >= 4 is 6.29 Å². The molecule has 7 heavy (non-hydrogen) atoms. The van der Waals surface area contributed by atoms with E-state index in [1.165, 1.54) is 6.08 Å². The van der Waals surface area contributed by atoms with Gasteiger partial charge in [0.15, 0.2) is 0 Å². The summed E-state index contributed by atoms with van der Waals surface area (Å²) in [6.45, 7) is 1.97. The minimum absolute atomic E-state index is 0. The fourth-order valence-corrected chi connectivity index (χ4v) is 0.166. The Morgan fingerprint density at radius 3 is 2.43 bits per heavy atom. The van der Waals surface area contributed by atoms with Gasteiger partial charge in [0.05, 0.1) is 0 Å². The Morgan fingerprint density at radius 1 is 1.71 bits per heavy atom. The zero-order valence-corrected chi connectivity index (χ0v) is 7.19. The van der Waals surface area contributed by atoms with Gasteiger partial charge in [-0.2, -0.15) is 6.08 Å². The molecule has 0 aliphatic heterocycles. The van der Waals surface area contributed by atoms with Crippen LogP contribution in [0.3, 0.4) is 0 Å². The molecule has 0 atom stereocenters. The van der Waals surface area contributed by atoms with Crippen molar-refractivity contribution in [3.8, 4) is 0 Å². The van der Waals surface area contributed by atoms with E-state index in [9.17, 15) is 4.79 Å². The third kappa shape index (κ3) is 10.7. The molecule has 0 N–H and O–H groups in total. The minimum atomic E-state index is 0. The van der Waals surface area contributed by atoms with E-state index >= 15 is 0 Å². The Hall–Kier alpha value is 0.514. The maximum Gasteiger partial charge on any atom is 0 e. The van der Waals surface area contributed by atoms with Crippen molar-refractivity contribution in [3.05, 3.63) is 12.2 Å². The Morgan fingerprint density at radius 2 is 2.29 bits per heavy atom. The Bertz CT molecular complexity index is 59.1. The summed E-state index contributed by atoms with van der Waals surface area (Å²) >= 11 is 0. The third-order valence-electron chi connectivity index (χ3n) is 0.422. The van der Waals surface area contributed by atoms with Crippen LogP contribution in [0.25, 0.3) is 0 Å². The zero-order chi connectivity index (χ0) is 4.83. The second-order valence-corrected chi connectivity index (χ2v) is 0.928. The molecule has 0 aliphatic rings. The predicted octanol–water partition coefficient (Wildman–Crippen LogP) is 1.06. The second-order valence-electron chi connectivity index (χ2n) is 0.928. The van der Waals surface area contributed by atoms with Gasteiger partial charge in [0.25, 0.3) is 0 Å². The van der Waals surface area contributed by atoms with Crippen LogP contribution >= 0.6 is 0 Å². The maximum atomic E-state index is 9.35. The summed E-state index contributed by atoms with van der Waals surface area (Å²) in [5.41, 5.74) is 0. The molecule has 0 bridgehead atoms. The van der Waals surface area contributed by atoms with E-state index in [1.807, 2.05) is 6.92 Å². The standard InChI is InChI=1S/C5H7O.Y/c1-2-3-4-5-6;/h3-4H,2H2,1H3;/q-1;/b4-3+;. The van der Waals surface area contributed by atoms with Gasteiger partial charge in [0.1, 0.15) is 0 Å². The SMILES string of the molecule is CC/C=C/[C-]=O.[Y]. The van der Waals surface area contributed by atoms with E-state index in [1.54, 1.807) is 12.4 Å². The van der Waals surface area contributed by atoms with E-state index in [-0.39, 0.29) is 32.7 Å². The molecule has 0 saturated heterocycles. The van der Waals surface area contributed by atoms with Crippen molar-refractivity contribution in [1.82, 2.24) is 0 Å². The molecule has 0 saturated carbocycles. The van der Waals surface area contributed by atoms with Gasteiger partial charge in [-0.15, -0.1) is 6.42 Å². The minimum Gasteiger partial charge on any atom is -0.419 e. The summed E-state index contributed by atoms with van der Waals surface area (Å²) in [5, 5.41) is 0. The van der Waals surface area contributed by atoms with E-state index in [2.05, 4.69) is 0 Å². The first-order chi connectivity index (χ1) is 2.91. The molecule has 0 aromatic heterocycles. The average Bonchev–Trinajstić information content (AvgIpc) is 1.61. The van der Waals surface area contributed by atoms with Crippen LogP contribution in [0.5, 0.6) is 0 Å². The Kier molecular flexibility index (Phi) is 14.6. The molecular formula is C5H7OY-. The topological polar surface area (TPSA) is 17.1 Å². The van der Waals surface area contributed by atoms with Gasteiger partial charge in [-0.25, -0.2) is 6.08 Å². The number of rotatable bonds is 2. The van der Waals surface area contributed by atoms with Crippen LogP contribution in [0.1, 0.15) is 13.3 Å².